The number of rotatable bonds is 5. The summed E-state index contributed by atoms with van der Waals surface area (Å²) < 4.78 is 0.617. The zero-order chi connectivity index (χ0) is 12.0. The molecule has 0 fully saturated rings. The molecule has 4 N–H and O–H groups in total. The van der Waals surface area contributed by atoms with Crippen LogP contribution in [0.1, 0.15) is 13.3 Å². The molecule has 0 saturated carbocycles. The van der Waals surface area contributed by atoms with Crippen molar-refractivity contribution >= 4 is 33.5 Å². The number of nitrogens with one attached hydrogen (secondary N) is 2. The molecule has 0 unspecified atom stereocenters. The van der Waals surface area contributed by atoms with Crippen molar-refractivity contribution in [2.45, 2.75) is 13.3 Å². The Morgan fingerprint density at radius 2 is 2.31 bits per heavy atom. The standard InChI is InChI=1S/C9H14BrN5O/c1-2-12-6(16)3-4-13-9-7(10)8(11)14-5-15-9/h5H,2-4H2,1H3,(H,12,16)(H3,11,13,14,15). The molecule has 16 heavy (non-hydrogen) atoms. The van der Waals surface area contributed by atoms with Crippen molar-refractivity contribution in [3.05, 3.63) is 10.8 Å². The van der Waals surface area contributed by atoms with Crippen LogP contribution in [-0.2, 0) is 4.79 Å². The van der Waals surface area contributed by atoms with E-state index in [9.17, 15) is 4.79 Å². The quantitative estimate of drug-likeness (QED) is 0.744. The molecule has 1 heterocycles. The largest absolute Gasteiger partial charge is 0.383 e. The molecule has 0 aliphatic rings. The lowest BCUT2D eigenvalue weighted by Crippen LogP contribution is -2.24. The van der Waals surface area contributed by atoms with E-state index in [1.165, 1.54) is 6.33 Å². The molecule has 0 saturated heterocycles. The molecule has 0 spiro atoms. The molecule has 0 aliphatic carbocycles. The van der Waals surface area contributed by atoms with Gasteiger partial charge in [0, 0.05) is 19.5 Å². The summed E-state index contributed by atoms with van der Waals surface area (Å²) in [4.78, 5) is 19.0. The lowest BCUT2D eigenvalue weighted by Gasteiger charge is -2.07. The molecule has 0 atom stereocenters. The van der Waals surface area contributed by atoms with E-state index in [1.807, 2.05) is 6.92 Å². The summed E-state index contributed by atoms with van der Waals surface area (Å²) in [6.45, 7) is 3.02. The first-order valence-electron chi connectivity index (χ1n) is 4.91. The highest BCUT2D eigenvalue weighted by Crippen LogP contribution is 2.23. The number of carbonyl (C=O) groups excluding carboxylic acids is 1. The minimum Gasteiger partial charge on any atom is -0.383 e. The van der Waals surface area contributed by atoms with E-state index in [1.54, 1.807) is 0 Å². The van der Waals surface area contributed by atoms with E-state index in [0.717, 1.165) is 0 Å². The van der Waals surface area contributed by atoms with Crippen molar-refractivity contribution in [3.63, 3.8) is 0 Å². The van der Waals surface area contributed by atoms with Crippen LogP contribution in [0.25, 0.3) is 0 Å². The second-order valence-corrected chi connectivity index (χ2v) is 3.84. The van der Waals surface area contributed by atoms with E-state index < -0.39 is 0 Å². The number of anilines is 2. The van der Waals surface area contributed by atoms with Gasteiger partial charge in [-0.25, -0.2) is 9.97 Å². The molecule has 1 aromatic rings. The highest BCUT2D eigenvalue weighted by atomic mass is 79.9. The van der Waals surface area contributed by atoms with Gasteiger partial charge < -0.3 is 16.4 Å². The van der Waals surface area contributed by atoms with Gasteiger partial charge in [0.2, 0.25) is 5.91 Å². The van der Waals surface area contributed by atoms with E-state index in [-0.39, 0.29) is 5.91 Å². The van der Waals surface area contributed by atoms with Crippen LogP contribution in [0.5, 0.6) is 0 Å². The summed E-state index contributed by atoms with van der Waals surface area (Å²) in [6.07, 6.45) is 1.76. The topological polar surface area (TPSA) is 92.9 Å². The molecule has 0 aromatic carbocycles. The Labute approximate surface area is 102 Å². The molecule has 6 nitrogen and oxygen atoms in total. The predicted molar refractivity (Wildman–Crippen MR) is 65.9 cm³/mol. The van der Waals surface area contributed by atoms with Gasteiger partial charge in [0.25, 0.3) is 0 Å². The summed E-state index contributed by atoms with van der Waals surface area (Å²) in [6, 6.07) is 0. The minimum atomic E-state index is 0.00755. The van der Waals surface area contributed by atoms with Crippen LogP contribution >= 0.6 is 15.9 Å². The van der Waals surface area contributed by atoms with Crippen LogP contribution in [0.4, 0.5) is 11.6 Å². The zero-order valence-corrected chi connectivity index (χ0v) is 10.5. The Morgan fingerprint density at radius 3 is 3.00 bits per heavy atom. The first-order valence-corrected chi connectivity index (χ1v) is 5.71. The first kappa shape index (κ1) is 12.7. The van der Waals surface area contributed by atoms with Gasteiger partial charge in [-0.15, -0.1) is 0 Å². The van der Waals surface area contributed by atoms with Gasteiger partial charge in [0.15, 0.2) is 0 Å². The molecule has 1 rings (SSSR count). The summed E-state index contributed by atoms with van der Waals surface area (Å²) in [5.41, 5.74) is 5.58. The monoisotopic (exact) mass is 287 g/mol. The summed E-state index contributed by atoms with van der Waals surface area (Å²) in [5, 5.41) is 5.71. The smallest absolute Gasteiger partial charge is 0.221 e. The van der Waals surface area contributed by atoms with E-state index in [4.69, 9.17) is 5.73 Å². The fourth-order valence-electron chi connectivity index (χ4n) is 1.09. The average molecular weight is 288 g/mol. The third-order valence-corrected chi connectivity index (χ3v) is 2.62. The van der Waals surface area contributed by atoms with Crippen molar-refractivity contribution in [1.29, 1.82) is 0 Å². The second-order valence-electron chi connectivity index (χ2n) is 3.05. The van der Waals surface area contributed by atoms with Crippen LogP contribution < -0.4 is 16.4 Å². The van der Waals surface area contributed by atoms with Crippen molar-refractivity contribution in [2.24, 2.45) is 0 Å². The van der Waals surface area contributed by atoms with Crippen molar-refractivity contribution in [3.8, 4) is 0 Å². The Bertz CT molecular complexity index is 371. The van der Waals surface area contributed by atoms with Crippen LogP contribution in [-0.4, -0.2) is 29.0 Å². The Hall–Kier alpha value is -1.37. The number of amides is 1. The summed E-state index contributed by atoms with van der Waals surface area (Å²) >= 11 is 3.27. The molecular weight excluding hydrogens is 274 g/mol. The fraction of sp³-hybridized carbons (Fsp3) is 0.444. The minimum absolute atomic E-state index is 0.00755. The maximum absolute atomic E-state index is 11.2. The van der Waals surface area contributed by atoms with Crippen LogP contribution in [0.2, 0.25) is 0 Å². The Morgan fingerprint density at radius 1 is 1.56 bits per heavy atom. The molecule has 0 bridgehead atoms. The normalized spacial score (nSPS) is 9.88. The van der Waals surface area contributed by atoms with Crippen LogP contribution in [0, 0.1) is 0 Å². The van der Waals surface area contributed by atoms with Gasteiger partial charge in [0.1, 0.15) is 22.4 Å². The number of nitrogens with two attached hydrogens (primary N) is 1. The molecular formula is C9H14BrN5O. The number of hydrogen-bond acceptors (Lipinski definition) is 5. The van der Waals surface area contributed by atoms with Crippen molar-refractivity contribution < 1.29 is 4.79 Å². The number of hydrogen-bond donors (Lipinski definition) is 3. The molecule has 0 radical (unpaired) electrons. The third-order valence-electron chi connectivity index (χ3n) is 1.83. The van der Waals surface area contributed by atoms with E-state index in [2.05, 4.69) is 36.5 Å². The SMILES string of the molecule is CCNC(=O)CCNc1ncnc(N)c1Br. The fourth-order valence-corrected chi connectivity index (χ4v) is 1.43. The van der Waals surface area contributed by atoms with Gasteiger partial charge in [-0.05, 0) is 22.9 Å². The number of carbonyl (C=O) groups is 1. The molecule has 1 amide bonds. The molecule has 1 aromatic heterocycles. The zero-order valence-electron chi connectivity index (χ0n) is 8.96. The third kappa shape index (κ3) is 3.65. The number of aromatic nitrogens is 2. The highest BCUT2D eigenvalue weighted by Gasteiger charge is 2.05. The molecule has 0 aliphatic heterocycles. The number of halogens is 1. The predicted octanol–water partition coefficient (Wildman–Crippen LogP) is 0.759. The number of nitrogen functional groups attached to an aromatic ring is 1. The lowest BCUT2D eigenvalue weighted by atomic mass is 10.4. The highest BCUT2D eigenvalue weighted by molar-refractivity contribution is 9.10. The Kier molecular flexibility index (Phi) is 4.97. The van der Waals surface area contributed by atoms with Crippen molar-refractivity contribution in [2.75, 3.05) is 24.1 Å². The van der Waals surface area contributed by atoms with Crippen molar-refractivity contribution in [1.82, 2.24) is 15.3 Å². The average Bonchev–Trinajstić information content (AvgIpc) is 2.25. The van der Waals surface area contributed by atoms with Gasteiger partial charge in [-0.2, -0.15) is 0 Å². The summed E-state index contributed by atoms with van der Waals surface area (Å²) in [5.74, 6) is 0.973. The first-order chi connectivity index (χ1) is 7.65. The van der Waals surface area contributed by atoms with E-state index in [0.29, 0.717) is 35.6 Å². The molecule has 88 valence electrons. The van der Waals surface area contributed by atoms with Gasteiger partial charge in [-0.3, -0.25) is 4.79 Å². The van der Waals surface area contributed by atoms with Gasteiger partial charge in [0.05, 0.1) is 0 Å². The van der Waals surface area contributed by atoms with E-state index >= 15 is 0 Å². The van der Waals surface area contributed by atoms with Gasteiger partial charge in [-0.1, -0.05) is 0 Å². The lowest BCUT2D eigenvalue weighted by molar-refractivity contribution is -0.120. The van der Waals surface area contributed by atoms with Gasteiger partial charge >= 0.3 is 0 Å². The summed E-state index contributed by atoms with van der Waals surface area (Å²) in [7, 11) is 0. The van der Waals surface area contributed by atoms with Crippen LogP contribution in [0.15, 0.2) is 10.8 Å². The maximum Gasteiger partial charge on any atom is 0.221 e. The van der Waals surface area contributed by atoms with Crippen LogP contribution in [0.3, 0.4) is 0 Å². The second kappa shape index (κ2) is 6.26. The number of nitrogens with zero attached hydrogens (tertiary/aromatic N) is 2. The Balaban J connectivity index is 2.43. The maximum atomic E-state index is 11.2. The molecule has 7 heteroatoms.